The highest BCUT2D eigenvalue weighted by atomic mass is 16.6. The number of piperazine rings is 1. The van der Waals surface area contributed by atoms with Crippen LogP contribution in [0.15, 0.2) is 48.5 Å². The van der Waals surface area contributed by atoms with Crippen molar-refractivity contribution >= 4 is 23.4 Å². The zero-order chi connectivity index (χ0) is 21.7. The fraction of sp³-hybridized carbons (Fsp3) is 0.348. The molecule has 1 N–H and O–H groups in total. The van der Waals surface area contributed by atoms with Crippen LogP contribution in [-0.4, -0.2) is 48.7 Å². The molecule has 1 fully saturated rings. The molecule has 7 nitrogen and oxygen atoms in total. The molecular weight excluding hydrogens is 380 g/mol. The molecule has 0 spiro atoms. The highest BCUT2D eigenvalue weighted by Gasteiger charge is 2.26. The van der Waals surface area contributed by atoms with E-state index in [1.807, 2.05) is 39.0 Å². The van der Waals surface area contributed by atoms with Crippen LogP contribution in [0, 0.1) is 11.3 Å². The molecule has 0 bridgehead atoms. The van der Waals surface area contributed by atoms with E-state index in [9.17, 15) is 9.59 Å². The van der Waals surface area contributed by atoms with Crippen molar-refractivity contribution in [3.05, 3.63) is 59.7 Å². The van der Waals surface area contributed by atoms with Crippen molar-refractivity contribution in [2.75, 3.05) is 36.4 Å². The van der Waals surface area contributed by atoms with Crippen LogP contribution < -0.4 is 10.2 Å². The number of carbonyl (C=O) groups excluding carboxylic acids is 2. The van der Waals surface area contributed by atoms with Gasteiger partial charge in [-0.05, 0) is 69.3 Å². The van der Waals surface area contributed by atoms with Gasteiger partial charge in [0.25, 0.3) is 5.91 Å². The van der Waals surface area contributed by atoms with Gasteiger partial charge >= 0.3 is 6.09 Å². The highest BCUT2D eigenvalue weighted by molar-refractivity contribution is 6.04. The Balaban J connectivity index is 1.55. The molecule has 0 aromatic heterocycles. The molecular formula is C23H26N4O3. The van der Waals surface area contributed by atoms with Gasteiger partial charge in [-0.2, -0.15) is 5.26 Å². The van der Waals surface area contributed by atoms with Gasteiger partial charge < -0.3 is 19.9 Å². The lowest BCUT2D eigenvalue weighted by Gasteiger charge is -2.36. The summed E-state index contributed by atoms with van der Waals surface area (Å²) in [6, 6.07) is 16.2. The number of hydrogen-bond acceptors (Lipinski definition) is 5. The Labute approximate surface area is 176 Å². The Hall–Kier alpha value is -3.53. The van der Waals surface area contributed by atoms with Gasteiger partial charge in [0.2, 0.25) is 0 Å². The summed E-state index contributed by atoms with van der Waals surface area (Å²) < 4.78 is 5.43. The van der Waals surface area contributed by atoms with E-state index in [0.717, 1.165) is 5.69 Å². The van der Waals surface area contributed by atoms with Gasteiger partial charge in [0.15, 0.2) is 0 Å². The number of nitriles is 1. The molecule has 1 heterocycles. The van der Waals surface area contributed by atoms with E-state index >= 15 is 0 Å². The minimum Gasteiger partial charge on any atom is -0.444 e. The number of ether oxygens (including phenoxy) is 1. The first-order chi connectivity index (χ1) is 14.2. The molecule has 7 heteroatoms. The van der Waals surface area contributed by atoms with E-state index in [-0.39, 0.29) is 12.0 Å². The Morgan fingerprint density at radius 1 is 0.967 bits per heavy atom. The van der Waals surface area contributed by atoms with Crippen molar-refractivity contribution in [3.8, 4) is 6.07 Å². The number of hydrogen-bond donors (Lipinski definition) is 1. The third-order valence-electron chi connectivity index (χ3n) is 4.70. The third-order valence-corrected chi connectivity index (χ3v) is 4.70. The van der Waals surface area contributed by atoms with Crippen molar-refractivity contribution < 1.29 is 14.3 Å². The van der Waals surface area contributed by atoms with Crippen LogP contribution in [0.3, 0.4) is 0 Å². The van der Waals surface area contributed by atoms with Crippen LogP contribution in [-0.2, 0) is 4.74 Å². The second-order valence-corrected chi connectivity index (χ2v) is 8.14. The second kappa shape index (κ2) is 8.87. The average Bonchev–Trinajstić information content (AvgIpc) is 2.73. The molecule has 0 aliphatic carbocycles. The van der Waals surface area contributed by atoms with Crippen LogP contribution >= 0.6 is 0 Å². The maximum absolute atomic E-state index is 12.4. The zero-order valence-electron chi connectivity index (χ0n) is 17.5. The number of nitrogens with one attached hydrogen (secondary N) is 1. The van der Waals surface area contributed by atoms with Gasteiger partial charge in [0.1, 0.15) is 5.60 Å². The molecule has 2 aromatic rings. The Morgan fingerprint density at radius 2 is 1.57 bits per heavy atom. The minimum absolute atomic E-state index is 0.207. The van der Waals surface area contributed by atoms with Crippen LogP contribution in [0.4, 0.5) is 16.2 Å². The summed E-state index contributed by atoms with van der Waals surface area (Å²) in [5.74, 6) is -0.207. The molecule has 0 radical (unpaired) electrons. The lowest BCUT2D eigenvalue weighted by Crippen LogP contribution is -2.50. The highest BCUT2D eigenvalue weighted by Crippen LogP contribution is 2.19. The van der Waals surface area contributed by atoms with Crippen LogP contribution in [0.5, 0.6) is 0 Å². The van der Waals surface area contributed by atoms with Crippen molar-refractivity contribution in [1.29, 1.82) is 5.26 Å². The van der Waals surface area contributed by atoms with E-state index in [1.54, 1.807) is 41.3 Å². The Kier molecular flexibility index (Phi) is 6.26. The fourth-order valence-corrected chi connectivity index (χ4v) is 3.13. The second-order valence-electron chi connectivity index (χ2n) is 8.14. The predicted octanol–water partition coefficient (Wildman–Crippen LogP) is 3.87. The number of nitrogens with zero attached hydrogens (tertiary/aromatic N) is 3. The smallest absolute Gasteiger partial charge is 0.410 e. The Morgan fingerprint density at radius 3 is 2.10 bits per heavy atom. The normalized spacial score (nSPS) is 14.1. The first-order valence-electron chi connectivity index (χ1n) is 9.89. The van der Waals surface area contributed by atoms with Crippen molar-refractivity contribution in [3.63, 3.8) is 0 Å². The van der Waals surface area contributed by atoms with Crippen LogP contribution in [0.1, 0.15) is 36.7 Å². The monoisotopic (exact) mass is 406 g/mol. The molecule has 1 aliphatic heterocycles. The maximum Gasteiger partial charge on any atom is 0.410 e. The van der Waals surface area contributed by atoms with Crippen molar-refractivity contribution in [2.45, 2.75) is 26.4 Å². The predicted molar refractivity (Wildman–Crippen MR) is 116 cm³/mol. The number of anilines is 2. The summed E-state index contributed by atoms with van der Waals surface area (Å²) in [6.45, 7) is 8.18. The van der Waals surface area contributed by atoms with E-state index in [4.69, 9.17) is 10.00 Å². The van der Waals surface area contributed by atoms with E-state index in [2.05, 4.69) is 10.2 Å². The molecule has 0 saturated carbocycles. The summed E-state index contributed by atoms with van der Waals surface area (Å²) in [5, 5.41) is 11.7. The quantitative estimate of drug-likeness (QED) is 0.836. The van der Waals surface area contributed by atoms with E-state index in [0.29, 0.717) is 43.0 Å². The molecule has 156 valence electrons. The number of benzene rings is 2. The van der Waals surface area contributed by atoms with Gasteiger partial charge in [-0.3, -0.25) is 4.79 Å². The molecule has 0 atom stereocenters. The summed E-state index contributed by atoms with van der Waals surface area (Å²) >= 11 is 0. The average molecular weight is 406 g/mol. The van der Waals surface area contributed by atoms with Gasteiger partial charge in [-0.1, -0.05) is 0 Å². The van der Waals surface area contributed by atoms with Gasteiger partial charge in [-0.15, -0.1) is 0 Å². The molecule has 3 rings (SSSR count). The zero-order valence-corrected chi connectivity index (χ0v) is 17.5. The van der Waals surface area contributed by atoms with Gasteiger partial charge in [0, 0.05) is 43.1 Å². The lowest BCUT2D eigenvalue weighted by atomic mass is 10.1. The lowest BCUT2D eigenvalue weighted by molar-refractivity contribution is 0.0240. The Bertz CT molecular complexity index is 932. The first kappa shape index (κ1) is 21.2. The maximum atomic E-state index is 12.4. The molecule has 2 aromatic carbocycles. The standard InChI is InChI=1S/C23H26N4O3/c1-23(2,3)30-22(29)27-14-12-26(13-15-27)20-10-6-18(7-11-20)21(28)25-19-8-4-17(16-24)5-9-19/h4-11H,12-15H2,1-3H3,(H,25,28). The molecule has 0 unspecified atom stereocenters. The number of carbonyl (C=O) groups is 2. The van der Waals surface area contributed by atoms with Gasteiger partial charge in [0.05, 0.1) is 11.6 Å². The summed E-state index contributed by atoms with van der Waals surface area (Å²) in [5.41, 5.74) is 2.25. The summed E-state index contributed by atoms with van der Waals surface area (Å²) in [7, 11) is 0. The topological polar surface area (TPSA) is 85.7 Å². The van der Waals surface area contributed by atoms with Crippen LogP contribution in [0.25, 0.3) is 0 Å². The number of amides is 2. The van der Waals surface area contributed by atoms with Crippen molar-refractivity contribution in [1.82, 2.24) is 4.90 Å². The minimum atomic E-state index is -0.498. The van der Waals surface area contributed by atoms with E-state index < -0.39 is 5.60 Å². The fourth-order valence-electron chi connectivity index (χ4n) is 3.13. The third kappa shape index (κ3) is 5.51. The first-order valence-corrected chi connectivity index (χ1v) is 9.89. The molecule has 1 saturated heterocycles. The van der Waals surface area contributed by atoms with Crippen molar-refractivity contribution in [2.24, 2.45) is 0 Å². The van der Waals surface area contributed by atoms with E-state index in [1.165, 1.54) is 0 Å². The van der Waals surface area contributed by atoms with Gasteiger partial charge in [-0.25, -0.2) is 4.79 Å². The SMILES string of the molecule is CC(C)(C)OC(=O)N1CCN(c2ccc(C(=O)Nc3ccc(C#N)cc3)cc2)CC1. The van der Waals surface area contributed by atoms with Crippen LogP contribution in [0.2, 0.25) is 0 Å². The molecule has 2 amide bonds. The summed E-state index contributed by atoms with van der Waals surface area (Å²) in [6.07, 6.45) is -0.281. The summed E-state index contributed by atoms with van der Waals surface area (Å²) in [4.78, 5) is 28.5. The molecule has 1 aliphatic rings. The largest absolute Gasteiger partial charge is 0.444 e. The number of rotatable bonds is 3. The molecule has 30 heavy (non-hydrogen) atoms.